The summed E-state index contributed by atoms with van der Waals surface area (Å²) in [6.45, 7) is 4.62. The van der Waals surface area contributed by atoms with Gasteiger partial charge in [0, 0.05) is 6.42 Å². The van der Waals surface area contributed by atoms with Crippen LogP contribution in [0.2, 0.25) is 0 Å². The number of rotatable bonds is 3. The second kappa shape index (κ2) is 10.4. The van der Waals surface area contributed by atoms with Crippen LogP contribution >= 0.6 is 0 Å². The fourth-order valence-electron chi connectivity index (χ4n) is 2.91. The molecule has 1 atom stereocenters. The van der Waals surface area contributed by atoms with E-state index in [4.69, 9.17) is 9.47 Å². The minimum Gasteiger partial charge on any atom is -0.465 e. The molecule has 1 aromatic rings. The molecule has 1 aliphatic rings. The molecule has 1 fully saturated rings. The molecular weight excluding hydrogens is 272 g/mol. The highest BCUT2D eigenvalue weighted by molar-refractivity contribution is 5.49. The van der Waals surface area contributed by atoms with Gasteiger partial charge in [-0.25, -0.2) is 0 Å². The topological polar surface area (TPSA) is 18.5 Å². The molecule has 0 aliphatic carbocycles. The first kappa shape index (κ1) is 17.1. The molecule has 1 heterocycles. The Kier molecular flexibility index (Phi) is 8.11. The minimum atomic E-state index is -0.110. The number of hydrogen-bond acceptors (Lipinski definition) is 2. The van der Waals surface area contributed by atoms with Crippen LogP contribution in [-0.2, 0) is 4.74 Å². The van der Waals surface area contributed by atoms with Gasteiger partial charge in [0.25, 0.3) is 0 Å². The van der Waals surface area contributed by atoms with E-state index in [1.54, 1.807) is 0 Å². The van der Waals surface area contributed by atoms with Gasteiger partial charge in [0.2, 0.25) is 0 Å². The summed E-state index contributed by atoms with van der Waals surface area (Å²) in [5, 5.41) is 0. The minimum absolute atomic E-state index is 0.110. The van der Waals surface area contributed by atoms with E-state index in [1.165, 1.54) is 51.4 Å². The highest BCUT2D eigenvalue weighted by Crippen LogP contribution is 2.20. The first-order chi connectivity index (χ1) is 10.9. The molecule has 2 heteroatoms. The summed E-state index contributed by atoms with van der Waals surface area (Å²) < 4.78 is 12.0. The van der Waals surface area contributed by atoms with Gasteiger partial charge in [0.05, 0.1) is 6.61 Å². The molecule has 0 saturated carbocycles. The fourth-order valence-corrected chi connectivity index (χ4v) is 2.91. The van der Waals surface area contributed by atoms with Crippen LogP contribution in [0.25, 0.3) is 6.08 Å². The summed E-state index contributed by atoms with van der Waals surface area (Å²) in [6.07, 6.45) is 14.5. The highest BCUT2D eigenvalue weighted by atomic mass is 16.7. The Hall–Kier alpha value is -1.28. The smallest absolute Gasteiger partial charge is 0.199 e. The number of ether oxygens (including phenoxy) is 2. The van der Waals surface area contributed by atoms with Gasteiger partial charge >= 0.3 is 0 Å². The second-order valence-corrected chi connectivity index (χ2v) is 6.17. The van der Waals surface area contributed by atoms with Crippen molar-refractivity contribution in [2.75, 3.05) is 6.61 Å². The largest absolute Gasteiger partial charge is 0.465 e. The van der Waals surface area contributed by atoms with Gasteiger partial charge in [-0.1, -0.05) is 69.7 Å². The van der Waals surface area contributed by atoms with E-state index >= 15 is 0 Å². The van der Waals surface area contributed by atoms with Crippen LogP contribution < -0.4 is 4.74 Å². The maximum absolute atomic E-state index is 6.06. The van der Waals surface area contributed by atoms with Gasteiger partial charge in [-0.15, -0.1) is 0 Å². The monoisotopic (exact) mass is 302 g/mol. The number of benzene rings is 1. The van der Waals surface area contributed by atoms with Crippen LogP contribution in [0.15, 0.2) is 30.8 Å². The van der Waals surface area contributed by atoms with Gasteiger partial charge in [-0.2, -0.15) is 0 Å². The Morgan fingerprint density at radius 2 is 1.64 bits per heavy atom. The molecular formula is C20H30O2. The third-order valence-electron chi connectivity index (χ3n) is 4.25. The standard InChI is InChI=1S/C20H30O2/c1-2-18-13-12-14-19(17-18)22-20-15-10-8-6-4-3-5-7-9-11-16-21-20/h2,12-14,17,20H,1,3-11,15-16H2. The second-order valence-electron chi connectivity index (χ2n) is 6.17. The molecule has 1 aliphatic heterocycles. The predicted molar refractivity (Wildman–Crippen MR) is 93.1 cm³/mol. The summed E-state index contributed by atoms with van der Waals surface area (Å²) in [7, 11) is 0. The van der Waals surface area contributed by atoms with E-state index in [0.717, 1.165) is 30.8 Å². The highest BCUT2D eigenvalue weighted by Gasteiger charge is 2.11. The van der Waals surface area contributed by atoms with Gasteiger partial charge in [-0.05, 0) is 30.5 Å². The summed E-state index contributed by atoms with van der Waals surface area (Å²) in [5.41, 5.74) is 1.09. The Balaban J connectivity index is 1.87. The molecule has 1 aromatic carbocycles. The van der Waals surface area contributed by atoms with Crippen molar-refractivity contribution >= 4 is 6.08 Å². The molecule has 22 heavy (non-hydrogen) atoms. The lowest BCUT2D eigenvalue weighted by atomic mass is 10.1. The van der Waals surface area contributed by atoms with Crippen LogP contribution in [0.5, 0.6) is 5.75 Å². The summed E-state index contributed by atoms with van der Waals surface area (Å²) in [5.74, 6) is 0.881. The molecule has 2 nitrogen and oxygen atoms in total. The van der Waals surface area contributed by atoms with Crippen molar-refractivity contribution in [2.24, 2.45) is 0 Å². The fraction of sp³-hybridized carbons (Fsp3) is 0.600. The lowest BCUT2D eigenvalue weighted by Gasteiger charge is -2.20. The molecule has 0 amide bonds. The first-order valence-corrected chi connectivity index (χ1v) is 8.89. The Labute approximate surface area is 135 Å². The molecule has 0 radical (unpaired) electrons. The van der Waals surface area contributed by atoms with E-state index in [1.807, 2.05) is 30.3 Å². The number of hydrogen-bond donors (Lipinski definition) is 0. The van der Waals surface area contributed by atoms with Crippen molar-refractivity contribution in [3.05, 3.63) is 36.4 Å². The average molecular weight is 302 g/mol. The van der Waals surface area contributed by atoms with Crippen molar-refractivity contribution in [3.8, 4) is 5.75 Å². The van der Waals surface area contributed by atoms with Crippen LogP contribution in [0.1, 0.15) is 69.8 Å². The van der Waals surface area contributed by atoms with Crippen LogP contribution in [0.3, 0.4) is 0 Å². The molecule has 1 unspecified atom stereocenters. The summed E-state index contributed by atoms with van der Waals surface area (Å²) in [6, 6.07) is 8.06. The van der Waals surface area contributed by atoms with Gasteiger partial charge in [0.15, 0.2) is 6.29 Å². The zero-order valence-corrected chi connectivity index (χ0v) is 13.8. The van der Waals surface area contributed by atoms with Crippen LogP contribution in [0.4, 0.5) is 0 Å². The molecule has 1 saturated heterocycles. The van der Waals surface area contributed by atoms with E-state index in [2.05, 4.69) is 6.58 Å². The quantitative estimate of drug-likeness (QED) is 0.685. The molecule has 0 bridgehead atoms. The molecule has 2 rings (SSSR count). The van der Waals surface area contributed by atoms with Gasteiger partial charge in [0.1, 0.15) is 5.75 Å². The van der Waals surface area contributed by atoms with E-state index < -0.39 is 0 Å². The third kappa shape index (κ3) is 6.65. The van der Waals surface area contributed by atoms with Crippen molar-refractivity contribution in [1.29, 1.82) is 0 Å². The Bertz CT molecular complexity index is 413. The third-order valence-corrected chi connectivity index (χ3v) is 4.25. The average Bonchev–Trinajstić information content (AvgIpc) is 2.57. The lowest BCUT2D eigenvalue weighted by molar-refractivity contribution is -0.0864. The van der Waals surface area contributed by atoms with E-state index in [-0.39, 0.29) is 6.29 Å². The van der Waals surface area contributed by atoms with Crippen molar-refractivity contribution in [1.82, 2.24) is 0 Å². The van der Waals surface area contributed by atoms with Crippen LogP contribution in [0, 0.1) is 0 Å². The molecule has 122 valence electrons. The SMILES string of the molecule is C=Cc1cccc(OC2CCCCCCCCCCCO2)c1. The zero-order valence-electron chi connectivity index (χ0n) is 13.8. The predicted octanol–water partition coefficient (Wildman–Crippen LogP) is 5.97. The Morgan fingerprint density at radius 1 is 0.955 bits per heavy atom. The van der Waals surface area contributed by atoms with E-state index in [9.17, 15) is 0 Å². The van der Waals surface area contributed by atoms with Crippen molar-refractivity contribution < 1.29 is 9.47 Å². The molecule has 0 spiro atoms. The van der Waals surface area contributed by atoms with Gasteiger partial charge < -0.3 is 9.47 Å². The molecule has 0 aromatic heterocycles. The van der Waals surface area contributed by atoms with Gasteiger partial charge in [-0.3, -0.25) is 0 Å². The van der Waals surface area contributed by atoms with Crippen molar-refractivity contribution in [3.63, 3.8) is 0 Å². The lowest BCUT2D eigenvalue weighted by Crippen LogP contribution is -2.21. The van der Waals surface area contributed by atoms with E-state index in [0.29, 0.717) is 0 Å². The molecule has 0 N–H and O–H groups in total. The van der Waals surface area contributed by atoms with Crippen LogP contribution in [-0.4, -0.2) is 12.9 Å². The first-order valence-electron chi connectivity index (χ1n) is 8.89. The summed E-state index contributed by atoms with van der Waals surface area (Å²) >= 11 is 0. The van der Waals surface area contributed by atoms with Crippen molar-refractivity contribution in [2.45, 2.75) is 70.5 Å². The zero-order chi connectivity index (χ0) is 15.5. The normalized spacial score (nSPS) is 21.9. The maximum Gasteiger partial charge on any atom is 0.199 e. The summed E-state index contributed by atoms with van der Waals surface area (Å²) in [4.78, 5) is 0. The maximum atomic E-state index is 6.06. The Morgan fingerprint density at radius 3 is 2.36 bits per heavy atom.